The number of nitrogen functional groups attached to an aromatic ring is 1. The Balaban J connectivity index is 1.84. The van der Waals surface area contributed by atoms with Crippen molar-refractivity contribution in [1.82, 2.24) is 20.6 Å². The lowest BCUT2D eigenvalue weighted by atomic mass is 10.2. The molecule has 1 heterocycles. The van der Waals surface area contributed by atoms with Gasteiger partial charge in [0.25, 0.3) is 5.91 Å². The normalized spacial score (nSPS) is 14.0. The Bertz CT molecular complexity index is 540. The van der Waals surface area contributed by atoms with E-state index in [4.69, 9.17) is 5.73 Å². The molecule has 1 aromatic rings. The van der Waals surface area contributed by atoms with Crippen molar-refractivity contribution in [1.29, 1.82) is 0 Å². The van der Waals surface area contributed by atoms with E-state index in [1.54, 1.807) is 0 Å². The Morgan fingerprint density at radius 2 is 2.00 bits per heavy atom. The SMILES string of the molecule is CC(C)c1ncc(N)c(C(=O)NCCNC(=O)C2CC2)n1. The van der Waals surface area contributed by atoms with Gasteiger partial charge in [-0.15, -0.1) is 0 Å². The molecule has 1 saturated carbocycles. The second kappa shape index (κ2) is 6.51. The maximum atomic E-state index is 12.0. The first kappa shape index (κ1) is 15.2. The third-order valence-corrected chi connectivity index (χ3v) is 3.23. The highest BCUT2D eigenvalue weighted by atomic mass is 16.2. The zero-order valence-electron chi connectivity index (χ0n) is 12.3. The van der Waals surface area contributed by atoms with Crippen molar-refractivity contribution in [3.63, 3.8) is 0 Å². The number of nitrogens with zero attached hydrogens (tertiary/aromatic N) is 2. The number of carbonyl (C=O) groups excluding carboxylic acids is 2. The van der Waals surface area contributed by atoms with E-state index < -0.39 is 0 Å². The fourth-order valence-electron chi connectivity index (χ4n) is 1.80. The van der Waals surface area contributed by atoms with Crippen LogP contribution in [0.25, 0.3) is 0 Å². The Morgan fingerprint density at radius 1 is 1.33 bits per heavy atom. The molecule has 7 nitrogen and oxygen atoms in total. The van der Waals surface area contributed by atoms with E-state index in [0.29, 0.717) is 18.9 Å². The van der Waals surface area contributed by atoms with Gasteiger partial charge in [-0.3, -0.25) is 9.59 Å². The molecule has 0 aliphatic heterocycles. The molecule has 2 amide bonds. The number of aromatic nitrogens is 2. The highest BCUT2D eigenvalue weighted by molar-refractivity contribution is 5.96. The van der Waals surface area contributed by atoms with E-state index in [1.165, 1.54) is 6.20 Å². The summed E-state index contributed by atoms with van der Waals surface area (Å²) in [6, 6.07) is 0. The highest BCUT2D eigenvalue weighted by Gasteiger charge is 2.29. The largest absolute Gasteiger partial charge is 0.396 e. The minimum Gasteiger partial charge on any atom is -0.396 e. The van der Waals surface area contributed by atoms with Crippen LogP contribution in [0.15, 0.2) is 6.20 Å². The van der Waals surface area contributed by atoms with Crippen molar-refractivity contribution in [2.75, 3.05) is 18.8 Å². The van der Waals surface area contributed by atoms with Crippen LogP contribution in [0.2, 0.25) is 0 Å². The molecule has 1 aliphatic rings. The molecule has 0 spiro atoms. The van der Waals surface area contributed by atoms with Crippen LogP contribution in [0.5, 0.6) is 0 Å². The molecule has 21 heavy (non-hydrogen) atoms. The van der Waals surface area contributed by atoms with Gasteiger partial charge in [0.1, 0.15) is 5.82 Å². The molecule has 7 heteroatoms. The molecule has 1 aliphatic carbocycles. The summed E-state index contributed by atoms with van der Waals surface area (Å²) in [5, 5.41) is 5.47. The van der Waals surface area contributed by atoms with E-state index in [9.17, 15) is 9.59 Å². The van der Waals surface area contributed by atoms with Gasteiger partial charge in [-0.1, -0.05) is 13.8 Å². The maximum Gasteiger partial charge on any atom is 0.272 e. The summed E-state index contributed by atoms with van der Waals surface area (Å²) in [4.78, 5) is 31.7. The summed E-state index contributed by atoms with van der Waals surface area (Å²) < 4.78 is 0. The van der Waals surface area contributed by atoms with Gasteiger partial charge in [-0.05, 0) is 12.8 Å². The van der Waals surface area contributed by atoms with Gasteiger partial charge >= 0.3 is 0 Å². The first-order chi connectivity index (χ1) is 9.99. The average Bonchev–Trinajstić information content (AvgIpc) is 3.27. The summed E-state index contributed by atoms with van der Waals surface area (Å²) in [5.74, 6) is 0.587. The molecule has 114 valence electrons. The van der Waals surface area contributed by atoms with Crippen LogP contribution in [0, 0.1) is 5.92 Å². The fraction of sp³-hybridized carbons (Fsp3) is 0.571. The lowest BCUT2D eigenvalue weighted by molar-refractivity contribution is -0.122. The second-order valence-electron chi connectivity index (χ2n) is 5.51. The van der Waals surface area contributed by atoms with Crippen molar-refractivity contribution in [2.45, 2.75) is 32.6 Å². The number of nitrogens with two attached hydrogens (primary N) is 1. The van der Waals surface area contributed by atoms with Gasteiger partial charge in [0.15, 0.2) is 5.69 Å². The lowest BCUT2D eigenvalue weighted by Gasteiger charge is -2.10. The van der Waals surface area contributed by atoms with Crippen molar-refractivity contribution >= 4 is 17.5 Å². The Kier molecular flexibility index (Phi) is 4.72. The van der Waals surface area contributed by atoms with Crippen LogP contribution in [0.1, 0.15) is 48.9 Å². The van der Waals surface area contributed by atoms with E-state index in [-0.39, 0.29) is 35.0 Å². The molecule has 4 N–H and O–H groups in total. The van der Waals surface area contributed by atoms with Crippen LogP contribution >= 0.6 is 0 Å². The van der Waals surface area contributed by atoms with Crippen LogP contribution < -0.4 is 16.4 Å². The first-order valence-electron chi connectivity index (χ1n) is 7.17. The van der Waals surface area contributed by atoms with Gasteiger partial charge < -0.3 is 16.4 Å². The standard InChI is InChI=1S/C14H21N5O2/c1-8(2)12-18-7-10(15)11(19-12)14(21)17-6-5-16-13(20)9-3-4-9/h7-9H,3-6,15H2,1-2H3,(H,16,20)(H,17,21). The van der Waals surface area contributed by atoms with Crippen LogP contribution in [0.3, 0.4) is 0 Å². The lowest BCUT2D eigenvalue weighted by Crippen LogP contribution is -2.36. The van der Waals surface area contributed by atoms with Gasteiger partial charge in [-0.2, -0.15) is 0 Å². The monoisotopic (exact) mass is 291 g/mol. The molecule has 0 atom stereocenters. The molecular formula is C14H21N5O2. The smallest absolute Gasteiger partial charge is 0.272 e. The first-order valence-corrected chi connectivity index (χ1v) is 7.17. The number of nitrogens with one attached hydrogen (secondary N) is 2. The maximum absolute atomic E-state index is 12.0. The molecule has 0 unspecified atom stereocenters. The zero-order chi connectivity index (χ0) is 15.4. The molecule has 0 saturated heterocycles. The predicted molar refractivity (Wildman–Crippen MR) is 78.6 cm³/mol. The number of carbonyl (C=O) groups is 2. The predicted octanol–water partition coefficient (Wildman–Crippen LogP) is 0.438. The Hall–Kier alpha value is -2.18. The second-order valence-corrected chi connectivity index (χ2v) is 5.51. The fourth-order valence-corrected chi connectivity index (χ4v) is 1.80. The molecule has 1 fully saturated rings. The summed E-state index contributed by atoms with van der Waals surface area (Å²) in [7, 11) is 0. The summed E-state index contributed by atoms with van der Waals surface area (Å²) in [6.07, 6.45) is 3.38. The van der Waals surface area contributed by atoms with Gasteiger partial charge in [-0.25, -0.2) is 9.97 Å². The quantitative estimate of drug-likeness (QED) is 0.659. The Morgan fingerprint density at radius 3 is 2.62 bits per heavy atom. The van der Waals surface area contributed by atoms with Crippen molar-refractivity contribution < 1.29 is 9.59 Å². The van der Waals surface area contributed by atoms with Crippen molar-refractivity contribution in [3.05, 3.63) is 17.7 Å². The molecule has 1 aromatic heterocycles. The van der Waals surface area contributed by atoms with E-state index >= 15 is 0 Å². The van der Waals surface area contributed by atoms with E-state index in [1.807, 2.05) is 13.8 Å². The third kappa shape index (κ3) is 4.14. The van der Waals surface area contributed by atoms with E-state index in [2.05, 4.69) is 20.6 Å². The molecule has 0 aromatic carbocycles. The highest BCUT2D eigenvalue weighted by Crippen LogP contribution is 2.28. The van der Waals surface area contributed by atoms with Crippen LogP contribution in [-0.2, 0) is 4.79 Å². The van der Waals surface area contributed by atoms with Crippen molar-refractivity contribution in [3.8, 4) is 0 Å². The number of anilines is 1. The van der Waals surface area contributed by atoms with Gasteiger partial charge in [0, 0.05) is 24.9 Å². The van der Waals surface area contributed by atoms with Crippen LogP contribution in [0.4, 0.5) is 5.69 Å². The molecule has 2 rings (SSSR count). The summed E-state index contributed by atoms with van der Waals surface area (Å²) >= 11 is 0. The number of amides is 2. The number of rotatable bonds is 6. The van der Waals surface area contributed by atoms with E-state index in [0.717, 1.165) is 12.8 Å². The average molecular weight is 291 g/mol. The third-order valence-electron chi connectivity index (χ3n) is 3.23. The molecule has 0 radical (unpaired) electrons. The number of hydrogen-bond acceptors (Lipinski definition) is 5. The topological polar surface area (TPSA) is 110 Å². The van der Waals surface area contributed by atoms with Crippen LogP contribution in [-0.4, -0.2) is 34.9 Å². The zero-order valence-corrected chi connectivity index (χ0v) is 12.3. The summed E-state index contributed by atoms with van der Waals surface area (Å²) in [6.45, 7) is 4.64. The summed E-state index contributed by atoms with van der Waals surface area (Å²) in [5.41, 5.74) is 6.17. The minimum absolute atomic E-state index is 0.0629. The number of hydrogen-bond donors (Lipinski definition) is 3. The Labute approximate surface area is 123 Å². The molecule has 0 bridgehead atoms. The van der Waals surface area contributed by atoms with Gasteiger partial charge in [0.2, 0.25) is 5.91 Å². The van der Waals surface area contributed by atoms with Crippen molar-refractivity contribution in [2.24, 2.45) is 5.92 Å². The van der Waals surface area contributed by atoms with Gasteiger partial charge in [0.05, 0.1) is 11.9 Å². The molecular weight excluding hydrogens is 270 g/mol. The minimum atomic E-state index is -0.350.